The summed E-state index contributed by atoms with van der Waals surface area (Å²) in [5.41, 5.74) is 2.18. The van der Waals surface area contributed by atoms with E-state index in [4.69, 9.17) is 0 Å². The standard InChI is InChI=1S/C15H21F3N2O/c1-4-20(9-13-8-6-5-7-12(13)2)10-14(21)19(3)11-15(16,17)18/h5-8H,4,9-11H2,1-3H3. The van der Waals surface area contributed by atoms with Gasteiger partial charge in [0.25, 0.3) is 0 Å². The lowest BCUT2D eigenvalue weighted by molar-refractivity contribution is -0.159. The Labute approximate surface area is 123 Å². The number of carbonyl (C=O) groups excluding carboxylic acids is 1. The molecule has 0 fully saturated rings. The van der Waals surface area contributed by atoms with Crippen LogP contribution in [0.5, 0.6) is 0 Å². The van der Waals surface area contributed by atoms with Crippen molar-refractivity contribution >= 4 is 5.91 Å². The second-order valence-electron chi connectivity index (χ2n) is 5.09. The third kappa shape index (κ3) is 6.16. The van der Waals surface area contributed by atoms with Crippen molar-refractivity contribution in [1.82, 2.24) is 9.80 Å². The molecular weight excluding hydrogens is 281 g/mol. The number of halogens is 3. The van der Waals surface area contributed by atoms with Crippen LogP contribution in [0.4, 0.5) is 13.2 Å². The van der Waals surface area contributed by atoms with Gasteiger partial charge in [0.15, 0.2) is 0 Å². The average Bonchev–Trinajstić information content (AvgIpc) is 2.38. The smallest absolute Gasteiger partial charge is 0.336 e. The van der Waals surface area contributed by atoms with Crippen LogP contribution in [-0.2, 0) is 11.3 Å². The molecule has 1 aromatic carbocycles. The number of hydrogen-bond acceptors (Lipinski definition) is 2. The Balaban J connectivity index is 2.62. The Hall–Kier alpha value is -1.56. The highest BCUT2D eigenvalue weighted by Crippen LogP contribution is 2.16. The predicted octanol–water partition coefficient (Wildman–Crippen LogP) is 2.84. The van der Waals surface area contributed by atoms with E-state index in [0.29, 0.717) is 13.1 Å². The molecule has 21 heavy (non-hydrogen) atoms. The zero-order valence-electron chi connectivity index (χ0n) is 12.6. The van der Waals surface area contributed by atoms with Crippen LogP contribution in [0.1, 0.15) is 18.1 Å². The summed E-state index contributed by atoms with van der Waals surface area (Å²) in [6.07, 6.45) is -4.36. The number of carbonyl (C=O) groups is 1. The summed E-state index contributed by atoms with van der Waals surface area (Å²) in [5.74, 6) is -0.525. The number of nitrogens with zero attached hydrogens (tertiary/aromatic N) is 2. The van der Waals surface area contributed by atoms with Gasteiger partial charge in [0.1, 0.15) is 6.54 Å². The van der Waals surface area contributed by atoms with Crippen molar-refractivity contribution in [3.8, 4) is 0 Å². The Morgan fingerprint density at radius 3 is 2.38 bits per heavy atom. The van der Waals surface area contributed by atoms with Crippen LogP contribution in [0, 0.1) is 6.92 Å². The second-order valence-corrected chi connectivity index (χ2v) is 5.09. The summed E-state index contributed by atoms with van der Waals surface area (Å²) < 4.78 is 36.8. The van der Waals surface area contributed by atoms with E-state index in [-0.39, 0.29) is 6.54 Å². The second kappa shape index (κ2) is 7.45. The number of likely N-dealkylation sites (N-methyl/N-ethyl adjacent to an activating group) is 2. The zero-order valence-corrected chi connectivity index (χ0v) is 12.6. The Kier molecular flexibility index (Phi) is 6.20. The van der Waals surface area contributed by atoms with Gasteiger partial charge in [-0.1, -0.05) is 31.2 Å². The van der Waals surface area contributed by atoms with Gasteiger partial charge < -0.3 is 4.90 Å². The fourth-order valence-electron chi connectivity index (χ4n) is 1.98. The van der Waals surface area contributed by atoms with Gasteiger partial charge in [0, 0.05) is 13.6 Å². The number of rotatable bonds is 6. The third-order valence-corrected chi connectivity index (χ3v) is 3.30. The molecular formula is C15H21F3N2O. The molecule has 0 aromatic heterocycles. The minimum absolute atomic E-state index is 0.0165. The van der Waals surface area contributed by atoms with Gasteiger partial charge in [0.2, 0.25) is 5.91 Å². The molecule has 0 heterocycles. The summed E-state index contributed by atoms with van der Waals surface area (Å²) >= 11 is 0. The van der Waals surface area contributed by atoms with E-state index < -0.39 is 18.6 Å². The highest BCUT2D eigenvalue weighted by atomic mass is 19.4. The van der Waals surface area contributed by atoms with Crippen molar-refractivity contribution in [2.75, 3.05) is 26.7 Å². The van der Waals surface area contributed by atoms with Gasteiger partial charge in [-0.15, -0.1) is 0 Å². The van der Waals surface area contributed by atoms with Crippen molar-refractivity contribution in [1.29, 1.82) is 0 Å². The van der Waals surface area contributed by atoms with E-state index in [2.05, 4.69) is 0 Å². The first kappa shape index (κ1) is 17.5. The molecule has 0 aliphatic heterocycles. The fourth-order valence-corrected chi connectivity index (χ4v) is 1.98. The minimum atomic E-state index is -4.36. The molecule has 1 amide bonds. The van der Waals surface area contributed by atoms with Crippen LogP contribution in [0.3, 0.4) is 0 Å². The molecule has 0 aliphatic carbocycles. The molecule has 0 saturated heterocycles. The molecule has 0 N–H and O–H groups in total. The Morgan fingerprint density at radius 2 is 1.86 bits per heavy atom. The first-order chi connectivity index (χ1) is 9.73. The summed E-state index contributed by atoms with van der Waals surface area (Å²) in [7, 11) is 1.18. The van der Waals surface area contributed by atoms with Crippen molar-refractivity contribution in [2.24, 2.45) is 0 Å². The quantitative estimate of drug-likeness (QED) is 0.807. The minimum Gasteiger partial charge on any atom is -0.336 e. The largest absolute Gasteiger partial charge is 0.406 e. The molecule has 0 atom stereocenters. The molecule has 6 heteroatoms. The van der Waals surface area contributed by atoms with Crippen molar-refractivity contribution in [3.05, 3.63) is 35.4 Å². The van der Waals surface area contributed by atoms with Gasteiger partial charge in [0.05, 0.1) is 6.54 Å². The number of alkyl halides is 3. The van der Waals surface area contributed by atoms with Crippen LogP contribution < -0.4 is 0 Å². The van der Waals surface area contributed by atoms with E-state index in [1.54, 1.807) is 0 Å². The van der Waals surface area contributed by atoms with Gasteiger partial charge in [-0.05, 0) is 24.6 Å². The van der Waals surface area contributed by atoms with E-state index in [1.807, 2.05) is 43.0 Å². The predicted molar refractivity (Wildman–Crippen MR) is 75.8 cm³/mol. The SMILES string of the molecule is CCN(CC(=O)N(C)CC(F)(F)F)Cc1ccccc1C. The average molecular weight is 302 g/mol. The highest BCUT2D eigenvalue weighted by Gasteiger charge is 2.31. The molecule has 118 valence electrons. The fraction of sp³-hybridized carbons (Fsp3) is 0.533. The molecule has 0 saturated carbocycles. The van der Waals surface area contributed by atoms with Gasteiger partial charge in [-0.3, -0.25) is 9.69 Å². The van der Waals surface area contributed by atoms with Gasteiger partial charge >= 0.3 is 6.18 Å². The number of hydrogen-bond donors (Lipinski definition) is 0. The van der Waals surface area contributed by atoms with Crippen molar-refractivity contribution < 1.29 is 18.0 Å². The Bertz CT molecular complexity index is 474. The van der Waals surface area contributed by atoms with E-state index in [0.717, 1.165) is 16.0 Å². The lowest BCUT2D eigenvalue weighted by Gasteiger charge is -2.25. The third-order valence-electron chi connectivity index (χ3n) is 3.30. The number of amides is 1. The van der Waals surface area contributed by atoms with E-state index >= 15 is 0 Å². The zero-order chi connectivity index (χ0) is 16.0. The summed E-state index contributed by atoms with van der Waals surface area (Å²) in [6, 6.07) is 7.77. The molecule has 0 unspecified atom stereocenters. The Morgan fingerprint density at radius 1 is 1.24 bits per heavy atom. The van der Waals surface area contributed by atoms with Gasteiger partial charge in [-0.25, -0.2) is 0 Å². The van der Waals surface area contributed by atoms with Crippen molar-refractivity contribution in [3.63, 3.8) is 0 Å². The molecule has 1 rings (SSSR count). The van der Waals surface area contributed by atoms with Gasteiger partial charge in [-0.2, -0.15) is 13.2 Å². The summed E-state index contributed by atoms with van der Waals surface area (Å²) in [4.78, 5) is 14.4. The molecule has 0 bridgehead atoms. The molecule has 0 radical (unpaired) electrons. The molecule has 1 aromatic rings. The van der Waals surface area contributed by atoms with Crippen LogP contribution in [0.2, 0.25) is 0 Å². The highest BCUT2D eigenvalue weighted by molar-refractivity contribution is 5.78. The maximum atomic E-state index is 12.3. The van der Waals surface area contributed by atoms with Crippen molar-refractivity contribution in [2.45, 2.75) is 26.6 Å². The summed E-state index contributed by atoms with van der Waals surface area (Å²) in [6.45, 7) is 3.77. The number of aryl methyl sites for hydroxylation is 1. The summed E-state index contributed by atoms with van der Waals surface area (Å²) in [5, 5.41) is 0. The van der Waals surface area contributed by atoms with Crippen LogP contribution in [0.25, 0.3) is 0 Å². The first-order valence-corrected chi connectivity index (χ1v) is 6.80. The van der Waals surface area contributed by atoms with E-state index in [1.165, 1.54) is 7.05 Å². The topological polar surface area (TPSA) is 23.6 Å². The normalized spacial score (nSPS) is 11.8. The van der Waals surface area contributed by atoms with Crippen LogP contribution in [-0.4, -0.2) is 48.6 Å². The maximum Gasteiger partial charge on any atom is 0.406 e. The lowest BCUT2D eigenvalue weighted by atomic mass is 10.1. The maximum absolute atomic E-state index is 12.3. The first-order valence-electron chi connectivity index (χ1n) is 6.80. The molecule has 0 spiro atoms. The lowest BCUT2D eigenvalue weighted by Crippen LogP contribution is -2.42. The van der Waals surface area contributed by atoms with Crippen LogP contribution >= 0.6 is 0 Å². The molecule has 3 nitrogen and oxygen atoms in total. The van der Waals surface area contributed by atoms with E-state index in [9.17, 15) is 18.0 Å². The van der Waals surface area contributed by atoms with Crippen LogP contribution in [0.15, 0.2) is 24.3 Å². The monoisotopic (exact) mass is 302 g/mol. The number of benzene rings is 1. The molecule has 0 aliphatic rings.